The van der Waals surface area contributed by atoms with Gasteiger partial charge in [0, 0.05) is 12.8 Å². The molecule has 60 valence electrons. The van der Waals surface area contributed by atoms with E-state index >= 15 is 0 Å². The Bertz CT molecular complexity index is 106. The minimum atomic E-state index is -0.136. The second kappa shape index (κ2) is 2.89. The number of quaternary nitrogens is 1. The molecule has 0 spiro atoms. The van der Waals surface area contributed by atoms with Gasteiger partial charge in [0.05, 0.1) is 20.1 Å². The normalized spacial score (nSPS) is 26.7. The Hall–Kier alpha value is -0.0800. The second-order valence-corrected chi connectivity index (χ2v) is 3.81. The molecule has 1 aliphatic heterocycles. The van der Waals surface area contributed by atoms with E-state index in [2.05, 4.69) is 7.05 Å². The van der Waals surface area contributed by atoms with Gasteiger partial charge in [0.25, 0.3) is 0 Å². The SMILES string of the molecule is CC(O)C[N+]1(C)CCCC1. The van der Waals surface area contributed by atoms with Gasteiger partial charge in [-0.05, 0) is 6.92 Å². The van der Waals surface area contributed by atoms with E-state index < -0.39 is 0 Å². The third-order valence-corrected chi connectivity index (χ3v) is 2.35. The Kier molecular flexibility index (Phi) is 2.32. The summed E-state index contributed by atoms with van der Waals surface area (Å²) in [5, 5.41) is 9.16. The van der Waals surface area contributed by atoms with E-state index in [9.17, 15) is 0 Å². The van der Waals surface area contributed by atoms with Crippen LogP contribution in [0.5, 0.6) is 0 Å². The Morgan fingerprint density at radius 3 is 2.30 bits per heavy atom. The van der Waals surface area contributed by atoms with Crippen LogP contribution in [0.4, 0.5) is 0 Å². The molecule has 1 atom stereocenters. The van der Waals surface area contributed by atoms with E-state index in [1.54, 1.807) is 0 Å². The molecule has 2 heteroatoms. The summed E-state index contributed by atoms with van der Waals surface area (Å²) in [4.78, 5) is 0. The van der Waals surface area contributed by atoms with Gasteiger partial charge in [0.2, 0.25) is 0 Å². The molecule has 1 rings (SSSR count). The van der Waals surface area contributed by atoms with Gasteiger partial charge in [-0.25, -0.2) is 0 Å². The third-order valence-electron chi connectivity index (χ3n) is 2.35. The quantitative estimate of drug-likeness (QED) is 0.563. The monoisotopic (exact) mass is 144 g/mol. The highest BCUT2D eigenvalue weighted by molar-refractivity contribution is 4.54. The van der Waals surface area contributed by atoms with E-state index in [0.29, 0.717) is 0 Å². The van der Waals surface area contributed by atoms with Crippen molar-refractivity contribution in [1.82, 2.24) is 0 Å². The van der Waals surface area contributed by atoms with Gasteiger partial charge < -0.3 is 9.59 Å². The molecule has 0 aliphatic carbocycles. The van der Waals surface area contributed by atoms with E-state index in [1.807, 2.05) is 6.92 Å². The fourth-order valence-electron chi connectivity index (χ4n) is 1.92. The molecule has 0 bridgehead atoms. The molecule has 1 saturated heterocycles. The molecular formula is C8H18NO+. The molecular weight excluding hydrogens is 126 g/mol. The summed E-state index contributed by atoms with van der Waals surface area (Å²) in [7, 11) is 2.24. The minimum absolute atomic E-state index is 0.136. The standard InChI is InChI=1S/C8H18NO/c1-8(10)7-9(2)5-3-4-6-9/h8,10H,3-7H2,1-2H3/q+1. The maximum Gasteiger partial charge on any atom is 0.104 e. The van der Waals surface area contributed by atoms with Crippen molar-refractivity contribution in [1.29, 1.82) is 0 Å². The third kappa shape index (κ3) is 1.96. The van der Waals surface area contributed by atoms with Crippen molar-refractivity contribution in [2.24, 2.45) is 0 Å². The van der Waals surface area contributed by atoms with Crippen LogP contribution in [0.15, 0.2) is 0 Å². The molecule has 1 N–H and O–H groups in total. The number of rotatable bonds is 2. The lowest BCUT2D eigenvalue weighted by molar-refractivity contribution is -0.900. The smallest absolute Gasteiger partial charge is 0.104 e. The zero-order chi connectivity index (χ0) is 7.61. The van der Waals surface area contributed by atoms with Crippen LogP contribution < -0.4 is 0 Å². The van der Waals surface area contributed by atoms with Gasteiger partial charge in [0.1, 0.15) is 12.6 Å². The van der Waals surface area contributed by atoms with Crippen molar-refractivity contribution < 1.29 is 9.59 Å². The fourth-order valence-corrected chi connectivity index (χ4v) is 1.92. The average Bonchev–Trinajstić information content (AvgIpc) is 2.12. The van der Waals surface area contributed by atoms with E-state index in [1.165, 1.54) is 25.9 Å². The molecule has 0 aromatic rings. The molecule has 0 aromatic heterocycles. The predicted octanol–water partition coefficient (Wildman–Crippen LogP) is 0.608. The van der Waals surface area contributed by atoms with Crippen LogP contribution in [0, 0.1) is 0 Å². The minimum Gasteiger partial charge on any atom is -0.388 e. The lowest BCUT2D eigenvalue weighted by Crippen LogP contribution is -2.45. The number of hydrogen-bond acceptors (Lipinski definition) is 1. The number of likely N-dealkylation sites (tertiary alicyclic amines) is 1. The highest BCUT2D eigenvalue weighted by Crippen LogP contribution is 2.16. The van der Waals surface area contributed by atoms with Crippen LogP contribution in [-0.4, -0.2) is 42.4 Å². The first kappa shape index (κ1) is 8.02. The van der Waals surface area contributed by atoms with Crippen LogP contribution in [0.1, 0.15) is 19.8 Å². The Morgan fingerprint density at radius 2 is 1.90 bits per heavy atom. The van der Waals surface area contributed by atoms with Crippen molar-refractivity contribution in [2.45, 2.75) is 25.9 Å². The lowest BCUT2D eigenvalue weighted by atomic mass is 10.3. The summed E-state index contributed by atoms with van der Waals surface area (Å²) < 4.78 is 1.08. The van der Waals surface area contributed by atoms with Crippen molar-refractivity contribution in [3.05, 3.63) is 0 Å². The average molecular weight is 144 g/mol. The first-order valence-corrected chi connectivity index (χ1v) is 4.14. The highest BCUT2D eigenvalue weighted by atomic mass is 16.3. The molecule has 0 saturated carbocycles. The summed E-state index contributed by atoms with van der Waals surface area (Å²) in [6.07, 6.45) is 2.54. The zero-order valence-electron chi connectivity index (χ0n) is 7.01. The lowest BCUT2D eigenvalue weighted by Gasteiger charge is -2.30. The highest BCUT2D eigenvalue weighted by Gasteiger charge is 2.27. The predicted molar refractivity (Wildman–Crippen MR) is 41.7 cm³/mol. The molecule has 0 amide bonds. The molecule has 1 heterocycles. The molecule has 0 aromatic carbocycles. The Morgan fingerprint density at radius 1 is 1.40 bits per heavy atom. The molecule has 1 aliphatic rings. The fraction of sp³-hybridized carbons (Fsp3) is 1.00. The Balaban J connectivity index is 2.36. The molecule has 0 radical (unpaired) electrons. The van der Waals surface area contributed by atoms with Crippen molar-refractivity contribution in [3.63, 3.8) is 0 Å². The summed E-state index contributed by atoms with van der Waals surface area (Å²) >= 11 is 0. The number of aliphatic hydroxyl groups is 1. The summed E-state index contributed by atoms with van der Waals surface area (Å²) in [5.41, 5.74) is 0. The maximum absolute atomic E-state index is 9.16. The van der Waals surface area contributed by atoms with Crippen LogP contribution in [-0.2, 0) is 0 Å². The summed E-state index contributed by atoms with van der Waals surface area (Å²) in [5.74, 6) is 0. The largest absolute Gasteiger partial charge is 0.388 e. The zero-order valence-corrected chi connectivity index (χ0v) is 7.01. The molecule has 10 heavy (non-hydrogen) atoms. The van der Waals surface area contributed by atoms with Gasteiger partial charge >= 0.3 is 0 Å². The molecule has 1 unspecified atom stereocenters. The second-order valence-electron chi connectivity index (χ2n) is 3.81. The van der Waals surface area contributed by atoms with Gasteiger partial charge in [-0.15, -0.1) is 0 Å². The Labute approximate surface area is 63.1 Å². The van der Waals surface area contributed by atoms with Gasteiger partial charge in [-0.3, -0.25) is 0 Å². The first-order chi connectivity index (χ1) is 4.62. The van der Waals surface area contributed by atoms with Crippen LogP contribution in [0.2, 0.25) is 0 Å². The van der Waals surface area contributed by atoms with Crippen molar-refractivity contribution in [3.8, 4) is 0 Å². The number of aliphatic hydroxyl groups excluding tert-OH is 1. The van der Waals surface area contributed by atoms with Gasteiger partial charge in [0.15, 0.2) is 0 Å². The molecule has 1 fully saturated rings. The topological polar surface area (TPSA) is 20.2 Å². The summed E-state index contributed by atoms with van der Waals surface area (Å²) in [6.45, 7) is 5.32. The number of nitrogens with zero attached hydrogens (tertiary/aromatic N) is 1. The number of hydrogen-bond donors (Lipinski definition) is 1. The molecule has 2 nitrogen and oxygen atoms in total. The van der Waals surface area contributed by atoms with Crippen LogP contribution in [0.3, 0.4) is 0 Å². The van der Waals surface area contributed by atoms with Gasteiger partial charge in [-0.1, -0.05) is 0 Å². The van der Waals surface area contributed by atoms with Gasteiger partial charge in [-0.2, -0.15) is 0 Å². The maximum atomic E-state index is 9.16. The first-order valence-electron chi connectivity index (χ1n) is 4.14. The van der Waals surface area contributed by atoms with Crippen LogP contribution >= 0.6 is 0 Å². The van der Waals surface area contributed by atoms with Crippen LogP contribution in [0.25, 0.3) is 0 Å². The van der Waals surface area contributed by atoms with E-state index in [4.69, 9.17) is 5.11 Å². The van der Waals surface area contributed by atoms with Crippen molar-refractivity contribution >= 4 is 0 Å². The summed E-state index contributed by atoms with van der Waals surface area (Å²) in [6, 6.07) is 0. The van der Waals surface area contributed by atoms with E-state index in [0.717, 1.165) is 11.0 Å². The number of likely N-dealkylation sites (N-methyl/N-ethyl adjacent to an activating group) is 1. The van der Waals surface area contributed by atoms with Crippen molar-refractivity contribution in [2.75, 3.05) is 26.7 Å². The van der Waals surface area contributed by atoms with E-state index in [-0.39, 0.29) is 6.10 Å².